The Hall–Kier alpha value is -0.830. The molecule has 0 fully saturated rings. The van der Waals surface area contributed by atoms with Crippen LogP contribution in [0.4, 0.5) is 0 Å². The minimum absolute atomic E-state index is 0.714. The predicted octanol–water partition coefficient (Wildman–Crippen LogP) is 3.28. The van der Waals surface area contributed by atoms with E-state index in [0.717, 1.165) is 38.4 Å². The summed E-state index contributed by atoms with van der Waals surface area (Å²) in [6, 6.07) is 2.29. The Bertz CT molecular complexity index is 355. The average Bonchev–Trinajstić information content (AvgIpc) is 2.77. The van der Waals surface area contributed by atoms with Crippen LogP contribution in [0.1, 0.15) is 52.4 Å². The van der Waals surface area contributed by atoms with Crippen LogP contribution in [0.3, 0.4) is 0 Å². The summed E-state index contributed by atoms with van der Waals surface area (Å²) in [5.74, 6) is 1.47. The van der Waals surface area contributed by atoms with Crippen molar-refractivity contribution in [3.63, 3.8) is 0 Å². The second-order valence-electron chi connectivity index (χ2n) is 5.80. The quantitative estimate of drug-likeness (QED) is 0.742. The Morgan fingerprint density at radius 1 is 1.26 bits per heavy atom. The number of hydrogen-bond acceptors (Lipinski definition) is 2. The number of nitrogens with zero attached hydrogens (tertiary/aromatic N) is 2. The van der Waals surface area contributed by atoms with Crippen LogP contribution >= 0.6 is 0 Å². The molecule has 1 rings (SSSR count). The smallest absolute Gasteiger partial charge is 0.0624 e. The Labute approximate surface area is 118 Å². The molecule has 0 radical (unpaired) electrons. The molecule has 0 spiro atoms. The normalized spacial score (nSPS) is 13.2. The number of hydrogen-bond donors (Lipinski definition) is 1. The molecule has 110 valence electrons. The Morgan fingerprint density at radius 3 is 2.53 bits per heavy atom. The maximum atomic E-state index is 4.66. The summed E-state index contributed by atoms with van der Waals surface area (Å²) in [6.07, 6.45) is 3.46. The lowest BCUT2D eigenvalue weighted by molar-refractivity contribution is 0.379. The standard InChI is InChI=1S/C16H31N3/c1-6-15-11-16(19(8-3)18-15)10-14(9-13(4)5)12-17-7-2/h11,13-14,17H,6-10,12H2,1-5H3. The second kappa shape index (κ2) is 8.36. The number of rotatable bonds is 9. The molecule has 3 nitrogen and oxygen atoms in total. The van der Waals surface area contributed by atoms with Gasteiger partial charge in [-0.15, -0.1) is 0 Å². The van der Waals surface area contributed by atoms with Gasteiger partial charge in [-0.3, -0.25) is 4.68 Å². The first kappa shape index (κ1) is 16.2. The van der Waals surface area contributed by atoms with Gasteiger partial charge >= 0.3 is 0 Å². The number of aromatic nitrogens is 2. The molecule has 1 atom stereocenters. The monoisotopic (exact) mass is 265 g/mol. The molecular formula is C16H31N3. The van der Waals surface area contributed by atoms with Gasteiger partial charge in [-0.2, -0.15) is 5.10 Å². The lowest BCUT2D eigenvalue weighted by Gasteiger charge is -2.19. The van der Waals surface area contributed by atoms with E-state index in [1.54, 1.807) is 0 Å². The van der Waals surface area contributed by atoms with Crippen molar-refractivity contribution in [2.75, 3.05) is 13.1 Å². The van der Waals surface area contributed by atoms with Crippen LogP contribution in [0, 0.1) is 11.8 Å². The maximum Gasteiger partial charge on any atom is 0.0624 e. The van der Waals surface area contributed by atoms with Crippen molar-refractivity contribution in [3.8, 4) is 0 Å². The zero-order valence-corrected chi connectivity index (χ0v) is 13.4. The van der Waals surface area contributed by atoms with Crippen molar-refractivity contribution in [2.24, 2.45) is 11.8 Å². The Balaban J connectivity index is 2.73. The van der Waals surface area contributed by atoms with Crippen LogP contribution in [0.5, 0.6) is 0 Å². The summed E-state index contributed by atoms with van der Waals surface area (Å²) in [4.78, 5) is 0. The topological polar surface area (TPSA) is 29.9 Å². The molecule has 0 amide bonds. The third kappa shape index (κ3) is 5.35. The van der Waals surface area contributed by atoms with E-state index in [-0.39, 0.29) is 0 Å². The molecule has 1 heterocycles. The third-order valence-corrected chi connectivity index (χ3v) is 3.56. The molecule has 0 bridgehead atoms. The van der Waals surface area contributed by atoms with Crippen molar-refractivity contribution in [2.45, 2.75) is 60.4 Å². The summed E-state index contributed by atoms with van der Waals surface area (Å²) < 4.78 is 2.18. The highest BCUT2D eigenvalue weighted by Gasteiger charge is 2.15. The summed E-state index contributed by atoms with van der Waals surface area (Å²) in [7, 11) is 0. The maximum absolute atomic E-state index is 4.66. The van der Waals surface area contributed by atoms with Gasteiger partial charge in [0.15, 0.2) is 0 Å². The Kier molecular flexibility index (Phi) is 7.14. The van der Waals surface area contributed by atoms with Gasteiger partial charge in [0.1, 0.15) is 0 Å². The summed E-state index contributed by atoms with van der Waals surface area (Å²) in [5, 5.41) is 8.16. The van der Waals surface area contributed by atoms with Gasteiger partial charge in [0.2, 0.25) is 0 Å². The van der Waals surface area contributed by atoms with Crippen molar-refractivity contribution in [1.29, 1.82) is 0 Å². The first-order valence-electron chi connectivity index (χ1n) is 7.86. The van der Waals surface area contributed by atoms with Crippen LogP contribution in [-0.2, 0) is 19.4 Å². The second-order valence-corrected chi connectivity index (χ2v) is 5.80. The van der Waals surface area contributed by atoms with Crippen molar-refractivity contribution in [3.05, 3.63) is 17.5 Å². The fourth-order valence-electron chi connectivity index (χ4n) is 2.68. The van der Waals surface area contributed by atoms with Gasteiger partial charge in [0.25, 0.3) is 0 Å². The van der Waals surface area contributed by atoms with Gasteiger partial charge in [0, 0.05) is 12.2 Å². The van der Waals surface area contributed by atoms with Gasteiger partial charge in [-0.1, -0.05) is 27.7 Å². The van der Waals surface area contributed by atoms with Gasteiger partial charge < -0.3 is 5.32 Å². The third-order valence-electron chi connectivity index (χ3n) is 3.56. The molecule has 0 aromatic carbocycles. The highest BCUT2D eigenvalue weighted by atomic mass is 15.3. The molecule has 1 aromatic heterocycles. The largest absolute Gasteiger partial charge is 0.317 e. The van der Waals surface area contributed by atoms with Crippen LogP contribution in [0.2, 0.25) is 0 Å². The van der Waals surface area contributed by atoms with Crippen LogP contribution in [-0.4, -0.2) is 22.9 Å². The first-order chi connectivity index (χ1) is 9.10. The molecule has 1 unspecified atom stereocenters. The summed E-state index contributed by atoms with van der Waals surface area (Å²) in [5.41, 5.74) is 2.63. The van der Waals surface area contributed by atoms with Gasteiger partial charge in [-0.05, 0) is 57.2 Å². The molecule has 0 saturated heterocycles. The molecule has 1 aromatic rings. The molecule has 19 heavy (non-hydrogen) atoms. The molecule has 3 heteroatoms. The molecule has 1 N–H and O–H groups in total. The van der Waals surface area contributed by atoms with E-state index >= 15 is 0 Å². The van der Waals surface area contributed by atoms with E-state index in [4.69, 9.17) is 0 Å². The Morgan fingerprint density at radius 2 is 2.00 bits per heavy atom. The van der Waals surface area contributed by atoms with Crippen molar-refractivity contribution < 1.29 is 0 Å². The van der Waals surface area contributed by atoms with Gasteiger partial charge in [0.05, 0.1) is 5.69 Å². The SMILES string of the molecule is CCNCC(Cc1cc(CC)nn1CC)CC(C)C. The van der Waals surface area contributed by atoms with E-state index < -0.39 is 0 Å². The highest BCUT2D eigenvalue weighted by molar-refractivity contribution is 5.11. The van der Waals surface area contributed by atoms with Crippen LogP contribution in [0.25, 0.3) is 0 Å². The van der Waals surface area contributed by atoms with E-state index in [2.05, 4.69) is 55.8 Å². The van der Waals surface area contributed by atoms with E-state index in [1.807, 2.05) is 0 Å². The summed E-state index contributed by atoms with van der Waals surface area (Å²) in [6.45, 7) is 14.3. The molecule has 0 aliphatic heterocycles. The number of aryl methyl sites for hydroxylation is 2. The van der Waals surface area contributed by atoms with Crippen molar-refractivity contribution in [1.82, 2.24) is 15.1 Å². The van der Waals surface area contributed by atoms with E-state index in [1.165, 1.54) is 17.8 Å². The predicted molar refractivity (Wildman–Crippen MR) is 82.5 cm³/mol. The zero-order valence-electron chi connectivity index (χ0n) is 13.4. The average molecular weight is 265 g/mol. The van der Waals surface area contributed by atoms with E-state index in [9.17, 15) is 0 Å². The first-order valence-corrected chi connectivity index (χ1v) is 7.86. The minimum atomic E-state index is 0.714. The van der Waals surface area contributed by atoms with Crippen LogP contribution < -0.4 is 5.32 Å². The molecule has 0 aliphatic rings. The molecular weight excluding hydrogens is 234 g/mol. The fraction of sp³-hybridized carbons (Fsp3) is 0.812. The van der Waals surface area contributed by atoms with Crippen LogP contribution in [0.15, 0.2) is 6.07 Å². The molecule has 0 aliphatic carbocycles. The zero-order chi connectivity index (χ0) is 14.3. The lowest BCUT2D eigenvalue weighted by atomic mass is 9.92. The van der Waals surface area contributed by atoms with E-state index in [0.29, 0.717) is 5.92 Å². The minimum Gasteiger partial charge on any atom is -0.317 e. The lowest BCUT2D eigenvalue weighted by Crippen LogP contribution is -2.26. The van der Waals surface area contributed by atoms with Gasteiger partial charge in [-0.25, -0.2) is 0 Å². The fourth-order valence-corrected chi connectivity index (χ4v) is 2.68. The summed E-state index contributed by atoms with van der Waals surface area (Å²) >= 11 is 0. The molecule has 0 saturated carbocycles. The number of nitrogens with one attached hydrogen (secondary N) is 1. The van der Waals surface area contributed by atoms with Crippen molar-refractivity contribution >= 4 is 0 Å². The highest BCUT2D eigenvalue weighted by Crippen LogP contribution is 2.18.